The number of piperazine rings is 1. The van der Waals surface area contributed by atoms with Gasteiger partial charge in [0.2, 0.25) is 5.95 Å². The van der Waals surface area contributed by atoms with Crippen molar-refractivity contribution in [2.24, 2.45) is 0 Å². The van der Waals surface area contributed by atoms with Crippen molar-refractivity contribution in [3.05, 3.63) is 78.1 Å². The standard InChI is InChI=1S/C25H29N5O2S/c1-2-3-6-20-9-11-22(12-10-20)28-33(32)23-8-4-7-21(19-23)24(31)29-15-17-30(18-16-29)25-26-13-5-14-27-25/h4-5,7-14,19,28H,2-3,6,15-18H2,1H3. The number of nitrogens with zero attached hydrogens (tertiary/aromatic N) is 4. The second-order valence-corrected chi connectivity index (χ2v) is 9.24. The summed E-state index contributed by atoms with van der Waals surface area (Å²) < 4.78 is 15.9. The van der Waals surface area contributed by atoms with Gasteiger partial charge in [-0.2, -0.15) is 0 Å². The zero-order valence-corrected chi connectivity index (χ0v) is 19.6. The van der Waals surface area contributed by atoms with E-state index in [2.05, 4.69) is 38.6 Å². The Labute approximate surface area is 198 Å². The molecule has 7 nitrogen and oxygen atoms in total. The molecule has 3 aromatic rings. The SMILES string of the molecule is CCCCc1ccc(N[S+]([O-])c2cccc(C(=O)N3CCN(c4ncccn4)CC3)c2)cc1. The molecule has 4 rings (SSSR count). The quantitative estimate of drug-likeness (QED) is 0.510. The molecule has 2 heterocycles. The van der Waals surface area contributed by atoms with Gasteiger partial charge in [0.25, 0.3) is 5.91 Å². The molecule has 0 bridgehead atoms. The number of anilines is 2. The molecule has 1 unspecified atom stereocenters. The van der Waals surface area contributed by atoms with Crippen molar-refractivity contribution in [1.82, 2.24) is 14.9 Å². The summed E-state index contributed by atoms with van der Waals surface area (Å²) in [5.41, 5.74) is 2.62. The molecule has 0 radical (unpaired) electrons. The van der Waals surface area contributed by atoms with Crippen molar-refractivity contribution in [2.45, 2.75) is 31.1 Å². The van der Waals surface area contributed by atoms with E-state index in [1.54, 1.807) is 42.7 Å². The van der Waals surface area contributed by atoms with Crippen LogP contribution < -0.4 is 9.62 Å². The highest BCUT2D eigenvalue weighted by Gasteiger charge is 2.24. The van der Waals surface area contributed by atoms with Crippen LogP contribution in [-0.2, 0) is 17.8 Å². The number of aromatic nitrogens is 2. The molecule has 0 spiro atoms. The maximum Gasteiger partial charge on any atom is 0.254 e. The van der Waals surface area contributed by atoms with Crippen LogP contribution in [0.2, 0.25) is 0 Å². The average Bonchev–Trinajstić information content (AvgIpc) is 2.88. The van der Waals surface area contributed by atoms with Crippen molar-refractivity contribution in [2.75, 3.05) is 35.8 Å². The van der Waals surface area contributed by atoms with Gasteiger partial charge in [0.1, 0.15) is 11.4 Å². The number of unbranched alkanes of at least 4 members (excludes halogenated alkanes) is 1. The van der Waals surface area contributed by atoms with Gasteiger partial charge < -0.3 is 14.4 Å². The highest BCUT2D eigenvalue weighted by molar-refractivity contribution is 7.92. The molecule has 172 valence electrons. The highest BCUT2D eigenvalue weighted by Crippen LogP contribution is 2.20. The number of carbonyl (C=O) groups excluding carboxylic acids is 1. The highest BCUT2D eigenvalue weighted by atomic mass is 32.2. The molecule has 2 aromatic carbocycles. The van der Waals surface area contributed by atoms with Crippen molar-refractivity contribution < 1.29 is 9.35 Å². The van der Waals surface area contributed by atoms with E-state index in [-0.39, 0.29) is 5.91 Å². The van der Waals surface area contributed by atoms with Crippen LogP contribution >= 0.6 is 0 Å². The monoisotopic (exact) mass is 463 g/mol. The van der Waals surface area contributed by atoms with E-state index in [9.17, 15) is 9.35 Å². The van der Waals surface area contributed by atoms with Crippen LogP contribution in [0, 0.1) is 0 Å². The Balaban J connectivity index is 1.35. The normalized spacial score (nSPS) is 14.7. The predicted octanol–water partition coefficient (Wildman–Crippen LogP) is 3.92. The first-order chi connectivity index (χ1) is 16.1. The zero-order chi connectivity index (χ0) is 23.0. The number of aryl methyl sites for hydroxylation is 1. The van der Waals surface area contributed by atoms with E-state index in [1.165, 1.54) is 5.56 Å². The minimum absolute atomic E-state index is 0.0530. The maximum absolute atomic E-state index is 13.1. The molecule has 0 saturated carbocycles. The minimum Gasteiger partial charge on any atom is -0.588 e. The van der Waals surface area contributed by atoms with Crippen LogP contribution in [0.1, 0.15) is 35.7 Å². The van der Waals surface area contributed by atoms with Gasteiger partial charge in [-0.25, -0.2) is 14.7 Å². The average molecular weight is 464 g/mol. The van der Waals surface area contributed by atoms with Gasteiger partial charge in [-0.15, -0.1) is 0 Å². The summed E-state index contributed by atoms with van der Waals surface area (Å²) in [6, 6.07) is 16.9. The number of amides is 1. The molecule has 1 amide bonds. The topological polar surface area (TPSA) is 84.4 Å². The van der Waals surface area contributed by atoms with E-state index in [0.717, 1.165) is 24.9 Å². The third-order valence-corrected chi connectivity index (χ3v) is 6.78. The van der Waals surface area contributed by atoms with Crippen LogP contribution in [0.25, 0.3) is 0 Å². The molecule has 33 heavy (non-hydrogen) atoms. The lowest BCUT2D eigenvalue weighted by molar-refractivity contribution is 0.0746. The summed E-state index contributed by atoms with van der Waals surface area (Å²) in [4.78, 5) is 26.1. The first kappa shape index (κ1) is 23.1. The number of hydrogen-bond donors (Lipinski definition) is 1. The molecule has 1 aliphatic rings. The Hall–Kier alpha value is -3.10. The smallest absolute Gasteiger partial charge is 0.254 e. The van der Waals surface area contributed by atoms with Crippen LogP contribution in [0.15, 0.2) is 71.9 Å². The van der Waals surface area contributed by atoms with Gasteiger partial charge >= 0.3 is 0 Å². The van der Waals surface area contributed by atoms with Crippen LogP contribution in [0.3, 0.4) is 0 Å². The zero-order valence-electron chi connectivity index (χ0n) is 18.8. The van der Waals surface area contributed by atoms with Gasteiger partial charge in [-0.1, -0.05) is 31.5 Å². The number of carbonyl (C=O) groups is 1. The molecule has 1 atom stereocenters. The number of nitrogens with one attached hydrogen (secondary N) is 1. The first-order valence-corrected chi connectivity index (χ1v) is 12.5. The van der Waals surface area contributed by atoms with Gasteiger partial charge in [0.15, 0.2) is 4.90 Å². The maximum atomic E-state index is 13.1. The van der Waals surface area contributed by atoms with E-state index in [1.807, 2.05) is 17.0 Å². The second kappa shape index (κ2) is 11.2. The summed E-state index contributed by atoms with van der Waals surface area (Å²) in [5, 5.41) is 0. The Morgan fingerprint density at radius 3 is 2.45 bits per heavy atom. The molecular weight excluding hydrogens is 434 g/mol. The molecule has 1 aliphatic heterocycles. The van der Waals surface area contributed by atoms with Crippen molar-refractivity contribution in [3.8, 4) is 0 Å². The predicted molar refractivity (Wildman–Crippen MR) is 132 cm³/mol. The van der Waals surface area contributed by atoms with Crippen LogP contribution in [0.5, 0.6) is 0 Å². The largest absolute Gasteiger partial charge is 0.588 e. The Morgan fingerprint density at radius 1 is 1.03 bits per heavy atom. The third-order valence-electron chi connectivity index (χ3n) is 5.68. The van der Waals surface area contributed by atoms with Gasteiger partial charge in [0.05, 0.1) is 5.69 Å². The summed E-state index contributed by atoms with van der Waals surface area (Å²) in [6.45, 7) is 4.71. The molecule has 1 fully saturated rings. The molecule has 0 aliphatic carbocycles. The lowest BCUT2D eigenvalue weighted by Gasteiger charge is -2.34. The molecule has 1 aromatic heterocycles. The second-order valence-electron chi connectivity index (χ2n) is 8.03. The third kappa shape index (κ3) is 6.03. The van der Waals surface area contributed by atoms with Crippen LogP contribution in [0.4, 0.5) is 11.6 Å². The van der Waals surface area contributed by atoms with Gasteiger partial charge in [-0.05, 0) is 48.7 Å². The summed E-state index contributed by atoms with van der Waals surface area (Å²) in [7, 11) is 0. The summed E-state index contributed by atoms with van der Waals surface area (Å²) in [6.07, 6.45) is 6.82. The van der Waals surface area contributed by atoms with Crippen molar-refractivity contribution >= 4 is 28.9 Å². The first-order valence-electron chi connectivity index (χ1n) is 11.3. The summed E-state index contributed by atoms with van der Waals surface area (Å²) >= 11 is -1.45. The van der Waals surface area contributed by atoms with E-state index in [0.29, 0.717) is 42.6 Å². The fraction of sp³-hybridized carbons (Fsp3) is 0.320. The number of hydrogen-bond acceptors (Lipinski definition) is 6. The molecule has 1 saturated heterocycles. The summed E-state index contributed by atoms with van der Waals surface area (Å²) in [5.74, 6) is 0.634. The van der Waals surface area contributed by atoms with Gasteiger partial charge in [0, 0.05) is 50.2 Å². The van der Waals surface area contributed by atoms with E-state index in [4.69, 9.17) is 0 Å². The van der Waals surface area contributed by atoms with Crippen LogP contribution in [-0.4, -0.2) is 51.5 Å². The van der Waals surface area contributed by atoms with Crippen molar-refractivity contribution in [1.29, 1.82) is 0 Å². The Bertz CT molecular complexity index is 1040. The van der Waals surface area contributed by atoms with Gasteiger partial charge in [-0.3, -0.25) is 4.79 Å². The molecule has 1 N–H and O–H groups in total. The fourth-order valence-corrected chi connectivity index (χ4v) is 4.68. The Kier molecular flexibility index (Phi) is 7.80. The fourth-order valence-electron chi connectivity index (χ4n) is 3.78. The lowest BCUT2D eigenvalue weighted by Crippen LogP contribution is -2.49. The van der Waals surface area contributed by atoms with E-state index < -0.39 is 11.4 Å². The molecule has 8 heteroatoms. The number of benzene rings is 2. The Morgan fingerprint density at radius 2 is 1.76 bits per heavy atom. The van der Waals surface area contributed by atoms with E-state index >= 15 is 0 Å². The van der Waals surface area contributed by atoms with Crippen molar-refractivity contribution in [3.63, 3.8) is 0 Å². The number of rotatable bonds is 8. The molecular formula is C25H29N5O2S. The minimum atomic E-state index is -1.45. The lowest BCUT2D eigenvalue weighted by atomic mass is 10.1.